The normalized spacial score (nSPS) is 32.9. The van der Waals surface area contributed by atoms with E-state index in [9.17, 15) is 23.8 Å². The number of halogens is 2. The van der Waals surface area contributed by atoms with E-state index in [-0.39, 0.29) is 11.2 Å². The maximum absolute atomic E-state index is 14.2. The topological polar surface area (TPSA) is 113 Å². The van der Waals surface area contributed by atoms with Crippen LogP contribution in [0.4, 0.5) is 8.78 Å². The Morgan fingerprint density at radius 1 is 1.62 bits per heavy atom. The first-order chi connectivity index (χ1) is 9.87. The van der Waals surface area contributed by atoms with Crippen molar-refractivity contribution in [3.63, 3.8) is 0 Å². The quantitative estimate of drug-likeness (QED) is 0.628. The molecule has 1 fully saturated rings. The highest BCUT2D eigenvalue weighted by molar-refractivity contribution is 5.69. The molecule has 114 valence electrons. The van der Waals surface area contributed by atoms with Crippen LogP contribution >= 0.6 is 0 Å². The lowest BCUT2D eigenvalue weighted by atomic mass is 9.99. The van der Waals surface area contributed by atoms with E-state index in [1.165, 1.54) is 6.92 Å². The number of ether oxygens (including phenoxy) is 1. The van der Waals surface area contributed by atoms with Crippen molar-refractivity contribution in [1.29, 1.82) is 0 Å². The minimum atomic E-state index is -1.90. The Morgan fingerprint density at radius 2 is 2.33 bits per heavy atom. The zero-order chi connectivity index (χ0) is 15.4. The van der Waals surface area contributed by atoms with E-state index in [0.717, 1.165) is 10.9 Å². The van der Waals surface area contributed by atoms with Gasteiger partial charge in [0.15, 0.2) is 23.6 Å². The molecule has 0 saturated carbocycles. The Balaban J connectivity index is 2.12. The first-order valence-corrected chi connectivity index (χ1v) is 6.10. The van der Waals surface area contributed by atoms with Gasteiger partial charge in [-0.3, -0.25) is 14.3 Å². The number of nitrogens with zero attached hydrogens (tertiary/aromatic N) is 3. The molecule has 0 amide bonds. The van der Waals surface area contributed by atoms with Crippen LogP contribution in [0.15, 0.2) is 11.1 Å². The molecule has 1 aliphatic heterocycles. The number of aliphatic hydroxyl groups is 2. The van der Waals surface area contributed by atoms with Crippen molar-refractivity contribution in [2.45, 2.75) is 31.0 Å². The predicted octanol–water partition coefficient (Wildman–Crippen LogP) is -0.762. The lowest BCUT2D eigenvalue weighted by Gasteiger charge is -2.24. The summed E-state index contributed by atoms with van der Waals surface area (Å²) in [4.78, 5) is 20.6. The van der Waals surface area contributed by atoms with Crippen molar-refractivity contribution >= 4 is 11.2 Å². The highest BCUT2D eigenvalue weighted by Gasteiger charge is 2.53. The largest absolute Gasteiger partial charge is 0.393 e. The molecule has 21 heavy (non-hydrogen) atoms. The van der Waals surface area contributed by atoms with Gasteiger partial charge >= 0.3 is 0 Å². The fraction of sp³-hybridized carbons (Fsp3) is 0.545. The lowest BCUT2D eigenvalue weighted by Crippen LogP contribution is -2.42. The van der Waals surface area contributed by atoms with Crippen LogP contribution in [-0.4, -0.2) is 54.2 Å². The van der Waals surface area contributed by atoms with Gasteiger partial charge in [0.1, 0.15) is 11.7 Å². The van der Waals surface area contributed by atoms with E-state index < -0.39 is 42.3 Å². The summed E-state index contributed by atoms with van der Waals surface area (Å²) in [6.45, 7) is 0.726. The number of alkyl halides is 1. The third kappa shape index (κ3) is 1.94. The highest BCUT2D eigenvalue weighted by atomic mass is 19.1. The standard InChI is InChI=1S/C11H12F2N4O4/c1-11(2-18)6(19)4(12)9(21-11)17-3-14-5-7(17)15-10(13)16-8(5)20/h3-4,6,9,18-19H,2H2,1H3,(H,15,16,20). The first kappa shape index (κ1) is 14.0. The zero-order valence-electron chi connectivity index (χ0n) is 10.8. The molecule has 0 aromatic carbocycles. The van der Waals surface area contributed by atoms with Gasteiger partial charge in [-0.05, 0) is 6.92 Å². The van der Waals surface area contributed by atoms with Gasteiger partial charge in [0.2, 0.25) is 0 Å². The molecule has 10 heteroatoms. The second-order valence-electron chi connectivity index (χ2n) is 5.05. The van der Waals surface area contributed by atoms with E-state index >= 15 is 0 Å². The molecule has 3 N–H and O–H groups in total. The summed E-state index contributed by atoms with van der Waals surface area (Å²) in [7, 11) is 0. The van der Waals surface area contributed by atoms with Gasteiger partial charge < -0.3 is 14.9 Å². The smallest absolute Gasteiger partial charge is 0.291 e. The number of H-pyrrole nitrogens is 1. The first-order valence-electron chi connectivity index (χ1n) is 6.10. The van der Waals surface area contributed by atoms with E-state index in [1.54, 1.807) is 0 Å². The Labute approximate surface area is 116 Å². The van der Waals surface area contributed by atoms with Gasteiger partial charge in [0.25, 0.3) is 11.6 Å². The summed E-state index contributed by atoms with van der Waals surface area (Å²) in [5, 5.41) is 19.0. The zero-order valence-corrected chi connectivity index (χ0v) is 10.8. The summed E-state index contributed by atoms with van der Waals surface area (Å²) in [6, 6.07) is 0. The number of hydrogen-bond donors (Lipinski definition) is 3. The van der Waals surface area contributed by atoms with Crippen LogP contribution in [0.1, 0.15) is 13.2 Å². The number of rotatable bonds is 2. The molecule has 1 aliphatic rings. The van der Waals surface area contributed by atoms with Crippen LogP contribution in [0.5, 0.6) is 0 Å². The fourth-order valence-electron chi connectivity index (χ4n) is 2.33. The van der Waals surface area contributed by atoms with Gasteiger partial charge in [0.05, 0.1) is 12.9 Å². The Bertz CT molecular complexity index is 747. The van der Waals surface area contributed by atoms with Gasteiger partial charge in [-0.25, -0.2) is 9.37 Å². The van der Waals surface area contributed by atoms with Gasteiger partial charge in [0, 0.05) is 0 Å². The summed E-state index contributed by atoms with van der Waals surface area (Å²) in [6.07, 6.45) is -4.94. The van der Waals surface area contributed by atoms with Crippen molar-refractivity contribution in [1.82, 2.24) is 19.5 Å². The average Bonchev–Trinajstić information content (AvgIpc) is 2.95. The number of aromatic nitrogens is 4. The molecule has 2 aromatic rings. The number of aliphatic hydroxyl groups excluding tert-OH is 2. The minimum Gasteiger partial charge on any atom is -0.393 e. The van der Waals surface area contributed by atoms with Crippen molar-refractivity contribution in [3.05, 3.63) is 22.8 Å². The molecule has 0 spiro atoms. The van der Waals surface area contributed by atoms with E-state index in [4.69, 9.17) is 4.74 Å². The molecule has 0 aliphatic carbocycles. The van der Waals surface area contributed by atoms with Crippen LogP contribution in [0.2, 0.25) is 0 Å². The third-order valence-corrected chi connectivity index (χ3v) is 3.58. The monoisotopic (exact) mass is 302 g/mol. The Morgan fingerprint density at radius 3 is 2.95 bits per heavy atom. The maximum Gasteiger partial charge on any atom is 0.291 e. The summed E-state index contributed by atoms with van der Waals surface area (Å²) in [5.41, 5.74) is -2.71. The molecule has 4 atom stereocenters. The summed E-state index contributed by atoms with van der Waals surface area (Å²) in [5.74, 6) is 0. The van der Waals surface area contributed by atoms with Crippen LogP contribution in [0.25, 0.3) is 11.2 Å². The Kier molecular flexibility index (Phi) is 3.04. The average molecular weight is 302 g/mol. The van der Waals surface area contributed by atoms with Gasteiger partial charge in [-0.1, -0.05) is 0 Å². The van der Waals surface area contributed by atoms with Gasteiger partial charge in [-0.2, -0.15) is 9.37 Å². The number of hydrogen-bond acceptors (Lipinski definition) is 6. The van der Waals surface area contributed by atoms with Crippen molar-refractivity contribution in [2.75, 3.05) is 6.61 Å². The van der Waals surface area contributed by atoms with Crippen LogP contribution in [-0.2, 0) is 4.74 Å². The fourth-order valence-corrected chi connectivity index (χ4v) is 2.33. The molecule has 0 radical (unpaired) electrons. The summed E-state index contributed by atoms with van der Waals surface area (Å²) >= 11 is 0. The predicted molar refractivity (Wildman–Crippen MR) is 64.6 cm³/mol. The minimum absolute atomic E-state index is 0.181. The second kappa shape index (κ2) is 4.55. The van der Waals surface area contributed by atoms with Crippen molar-refractivity contribution in [2.24, 2.45) is 0 Å². The molecule has 3 rings (SSSR count). The number of aromatic amines is 1. The van der Waals surface area contributed by atoms with Crippen LogP contribution in [0, 0.1) is 6.08 Å². The molecule has 3 heterocycles. The highest BCUT2D eigenvalue weighted by Crippen LogP contribution is 2.39. The molecule has 0 bridgehead atoms. The summed E-state index contributed by atoms with van der Waals surface area (Å²) < 4.78 is 33.8. The molecule has 2 aromatic heterocycles. The number of fused-ring (bicyclic) bond motifs is 1. The second-order valence-corrected chi connectivity index (χ2v) is 5.05. The third-order valence-electron chi connectivity index (χ3n) is 3.58. The van der Waals surface area contributed by atoms with E-state index in [1.807, 2.05) is 4.98 Å². The van der Waals surface area contributed by atoms with Crippen LogP contribution in [0.3, 0.4) is 0 Å². The Hall–Kier alpha value is -1.91. The number of imidazole rings is 1. The van der Waals surface area contributed by atoms with Crippen LogP contribution < -0.4 is 5.56 Å². The number of nitrogens with one attached hydrogen (secondary N) is 1. The molecule has 1 saturated heterocycles. The molecule has 8 nitrogen and oxygen atoms in total. The van der Waals surface area contributed by atoms with E-state index in [0.29, 0.717) is 0 Å². The molecular weight excluding hydrogens is 290 g/mol. The molecule has 4 unspecified atom stereocenters. The SMILES string of the molecule is CC1(CO)OC(n2cnc3c(=O)[nH]c(F)nc32)C(F)C1O. The van der Waals surface area contributed by atoms with Gasteiger partial charge in [-0.15, -0.1) is 0 Å². The van der Waals surface area contributed by atoms with Crippen molar-refractivity contribution < 1.29 is 23.7 Å². The maximum atomic E-state index is 14.2. The molecular formula is C11H12F2N4O4. The lowest BCUT2D eigenvalue weighted by molar-refractivity contribution is -0.115. The van der Waals surface area contributed by atoms with Crippen molar-refractivity contribution in [3.8, 4) is 0 Å². The van der Waals surface area contributed by atoms with E-state index in [2.05, 4.69) is 9.97 Å².